The van der Waals surface area contributed by atoms with Gasteiger partial charge in [-0.1, -0.05) is 200 Å². The maximum absolute atomic E-state index is 2.96. The summed E-state index contributed by atoms with van der Waals surface area (Å²) in [5, 5.41) is 10.4. The van der Waals surface area contributed by atoms with Crippen molar-refractivity contribution in [2.45, 2.75) is 0 Å². The standard InChI is InChI=1S/C54H38N2Si/c1-6-21-39(22-7-1)44-37-38-50(54-52(44)47-32-17-19-35-49(47)55(54)40-23-8-2-9-24-40)56-48-34-18-16-31-45(48)46-33-20-36-51(53(46)56)57(41-25-10-3-11-26-41,42-27-12-4-13-28-42)43-29-14-5-15-30-43/h1-38H. The summed E-state index contributed by atoms with van der Waals surface area (Å²) in [6.07, 6.45) is 0. The van der Waals surface area contributed by atoms with E-state index in [1.54, 1.807) is 0 Å². The van der Waals surface area contributed by atoms with Crippen LogP contribution in [-0.4, -0.2) is 17.2 Å². The lowest BCUT2D eigenvalue weighted by Crippen LogP contribution is -2.75. The van der Waals surface area contributed by atoms with Crippen LogP contribution in [0.1, 0.15) is 0 Å². The van der Waals surface area contributed by atoms with E-state index in [1.165, 1.54) is 75.5 Å². The van der Waals surface area contributed by atoms with Crippen molar-refractivity contribution in [1.29, 1.82) is 0 Å². The van der Waals surface area contributed by atoms with Gasteiger partial charge in [0, 0.05) is 27.2 Å². The normalized spacial score (nSPS) is 11.9. The molecule has 2 aromatic heterocycles. The summed E-state index contributed by atoms with van der Waals surface area (Å²) in [7, 11) is -2.96. The Morgan fingerprint density at radius 1 is 0.316 bits per heavy atom. The smallest absolute Gasteiger partial charge is 0.181 e. The Balaban J connectivity index is 1.38. The van der Waals surface area contributed by atoms with Gasteiger partial charge in [-0.3, -0.25) is 0 Å². The number of hydrogen-bond acceptors (Lipinski definition) is 0. The van der Waals surface area contributed by atoms with Gasteiger partial charge in [-0.25, -0.2) is 0 Å². The molecule has 0 saturated heterocycles. The predicted molar refractivity (Wildman–Crippen MR) is 244 cm³/mol. The van der Waals surface area contributed by atoms with Gasteiger partial charge in [0.1, 0.15) is 0 Å². The van der Waals surface area contributed by atoms with E-state index < -0.39 is 8.07 Å². The largest absolute Gasteiger partial charge is 0.307 e. The summed E-state index contributed by atoms with van der Waals surface area (Å²) in [4.78, 5) is 0. The highest BCUT2D eigenvalue weighted by atomic mass is 28.3. The van der Waals surface area contributed by atoms with Crippen molar-refractivity contribution in [1.82, 2.24) is 9.13 Å². The molecular weight excluding hydrogens is 705 g/mol. The van der Waals surface area contributed by atoms with E-state index >= 15 is 0 Å². The van der Waals surface area contributed by atoms with Gasteiger partial charge in [-0.15, -0.1) is 0 Å². The van der Waals surface area contributed by atoms with Crippen LogP contribution < -0.4 is 20.7 Å². The van der Waals surface area contributed by atoms with Crippen molar-refractivity contribution in [3.63, 3.8) is 0 Å². The van der Waals surface area contributed by atoms with Crippen LogP contribution in [0, 0.1) is 0 Å². The predicted octanol–water partition coefficient (Wildman–Crippen LogP) is 10.9. The fourth-order valence-electron chi connectivity index (χ4n) is 9.57. The van der Waals surface area contributed by atoms with Crippen molar-refractivity contribution in [3.8, 4) is 22.5 Å². The average molecular weight is 743 g/mol. The van der Waals surface area contributed by atoms with Gasteiger partial charge in [0.05, 0.1) is 27.8 Å². The highest BCUT2D eigenvalue weighted by molar-refractivity contribution is 7.20. The van der Waals surface area contributed by atoms with Crippen LogP contribution in [0.25, 0.3) is 66.1 Å². The Hall–Kier alpha value is -7.20. The summed E-state index contributed by atoms with van der Waals surface area (Å²) >= 11 is 0. The zero-order valence-corrected chi connectivity index (χ0v) is 32.3. The van der Waals surface area contributed by atoms with Gasteiger partial charge in [0.15, 0.2) is 8.07 Å². The molecule has 0 fully saturated rings. The lowest BCUT2D eigenvalue weighted by molar-refractivity contribution is 1.13. The molecular formula is C54H38N2Si. The van der Waals surface area contributed by atoms with Crippen LogP contribution in [0.3, 0.4) is 0 Å². The summed E-state index contributed by atoms with van der Waals surface area (Å²) in [6.45, 7) is 0. The van der Waals surface area contributed by atoms with Crippen LogP contribution >= 0.6 is 0 Å². The van der Waals surface area contributed by atoms with Crippen molar-refractivity contribution in [2.24, 2.45) is 0 Å². The summed E-state index contributed by atoms with van der Waals surface area (Å²) in [5.41, 5.74) is 9.53. The first-order valence-electron chi connectivity index (χ1n) is 19.7. The lowest BCUT2D eigenvalue weighted by Gasteiger charge is -2.35. The van der Waals surface area contributed by atoms with Gasteiger partial charge >= 0.3 is 0 Å². The number of aromatic nitrogens is 2. The zero-order valence-electron chi connectivity index (χ0n) is 31.3. The molecule has 0 saturated carbocycles. The maximum atomic E-state index is 2.60. The van der Waals surface area contributed by atoms with Crippen LogP contribution in [0.5, 0.6) is 0 Å². The Morgan fingerprint density at radius 3 is 1.39 bits per heavy atom. The molecule has 0 radical (unpaired) electrons. The first-order chi connectivity index (χ1) is 28.3. The van der Waals surface area contributed by atoms with E-state index in [0.29, 0.717) is 0 Å². The van der Waals surface area contributed by atoms with E-state index in [9.17, 15) is 0 Å². The highest BCUT2D eigenvalue weighted by Crippen LogP contribution is 2.43. The van der Waals surface area contributed by atoms with E-state index in [0.717, 1.165) is 11.4 Å². The third kappa shape index (κ3) is 5.03. The minimum atomic E-state index is -2.96. The number of para-hydroxylation sites is 4. The molecule has 0 aliphatic carbocycles. The molecule has 0 aliphatic rings. The minimum absolute atomic E-state index is 1.14. The molecule has 0 atom stereocenters. The fraction of sp³-hybridized carbons (Fsp3) is 0. The van der Waals surface area contributed by atoms with E-state index in [-0.39, 0.29) is 0 Å². The number of benzene rings is 9. The fourth-order valence-corrected chi connectivity index (χ4v) is 14.5. The van der Waals surface area contributed by atoms with Crippen molar-refractivity contribution >= 4 is 72.4 Å². The Morgan fingerprint density at radius 2 is 0.789 bits per heavy atom. The second-order valence-electron chi connectivity index (χ2n) is 14.8. The summed E-state index contributed by atoms with van der Waals surface area (Å²) in [6, 6.07) is 85.3. The number of rotatable bonds is 7. The SMILES string of the molecule is c1ccc(-c2ccc(-n3c4ccccc4c4cccc([Si](c5ccccc5)(c5ccccc5)c5ccccc5)c43)c3c2c2ccccc2n3-c2ccccc2)cc1. The molecule has 268 valence electrons. The molecule has 9 aromatic carbocycles. The molecule has 0 amide bonds. The van der Waals surface area contributed by atoms with Crippen LogP contribution in [0.2, 0.25) is 0 Å². The van der Waals surface area contributed by atoms with Crippen molar-refractivity contribution in [3.05, 3.63) is 231 Å². The molecule has 3 heteroatoms. The zero-order chi connectivity index (χ0) is 37.8. The molecule has 0 N–H and O–H groups in total. The van der Waals surface area contributed by atoms with Crippen LogP contribution in [-0.2, 0) is 0 Å². The quantitative estimate of drug-likeness (QED) is 0.114. The van der Waals surface area contributed by atoms with Crippen LogP contribution in [0.15, 0.2) is 231 Å². The molecule has 57 heavy (non-hydrogen) atoms. The molecule has 11 aromatic rings. The van der Waals surface area contributed by atoms with E-state index in [4.69, 9.17) is 0 Å². The molecule has 0 unspecified atom stereocenters. The van der Waals surface area contributed by atoms with Gasteiger partial charge in [0.2, 0.25) is 0 Å². The summed E-state index contributed by atoms with van der Waals surface area (Å²) < 4.78 is 5.10. The number of hydrogen-bond donors (Lipinski definition) is 0. The van der Waals surface area contributed by atoms with E-state index in [1.807, 2.05) is 0 Å². The number of fused-ring (bicyclic) bond motifs is 6. The Bertz CT molecular complexity index is 3110. The lowest BCUT2D eigenvalue weighted by atomic mass is 9.98. The molecule has 0 spiro atoms. The first-order valence-corrected chi connectivity index (χ1v) is 21.7. The second-order valence-corrected chi connectivity index (χ2v) is 18.6. The highest BCUT2D eigenvalue weighted by Gasteiger charge is 2.43. The average Bonchev–Trinajstić information content (AvgIpc) is 3.82. The molecule has 0 aliphatic heterocycles. The second kappa shape index (κ2) is 13.5. The van der Waals surface area contributed by atoms with Gasteiger partial charge < -0.3 is 9.13 Å². The molecule has 0 bridgehead atoms. The third-order valence-corrected chi connectivity index (χ3v) is 16.7. The Labute approximate surface area is 333 Å². The van der Waals surface area contributed by atoms with Gasteiger partial charge in [-0.2, -0.15) is 0 Å². The van der Waals surface area contributed by atoms with Gasteiger partial charge in [0.25, 0.3) is 0 Å². The minimum Gasteiger partial charge on any atom is -0.307 e. The van der Waals surface area contributed by atoms with Crippen LogP contribution in [0.4, 0.5) is 0 Å². The topological polar surface area (TPSA) is 9.86 Å². The first kappa shape index (κ1) is 33.2. The maximum Gasteiger partial charge on any atom is 0.181 e. The van der Waals surface area contributed by atoms with E-state index in [2.05, 4.69) is 240 Å². The van der Waals surface area contributed by atoms with Crippen molar-refractivity contribution in [2.75, 3.05) is 0 Å². The van der Waals surface area contributed by atoms with Gasteiger partial charge in [-0.05, 0) is 62.2 Å². The third-order valence-electron chi connectivity index (χ3n) is 11.9. The molecule has 2 nitrogen and oxygen atoms in total. The number of nitrogens with zero attached hydrogens (tertiary/aromatic N) is 2. The summed E-state index contributed by atoms with van der Waals surface area (Å²) in [5.74, 6) is 0. The van der Waals surface area contributed by atoms with Crippen molar-refractivity contribution < 1.29 is 0 Å². The molecule has 11 rings (SSSR count). The Kier molecular flexibility index (Phi) is 7.87. The molecule has 2 heterocycles. The monoisotopic (exact) mass is 742 g/mol.